The number of benzene rings is 1. The molecule has 4 N–H and O–H groups in total. The minimum absolute atomic E-state index is 0.0852. The van der Waals surface area contributed by atoms with E-state index in [0.29, 0.717) is 16.7 Å². The summed E-state index contributed by atoms with van der Waals surface area (Å²) in [6, 6.07) is 8.85. The average Bonchev–Trinajstić information content (AvgIpc) is 2.88. The van der Waals surface area contributed by atoms with Crippen LogP contribution in [0.1, 0.15) is 16.2 Å². The quantitative estimate of drug-likeness (QED) is 0.640. The fraction of sp³-hybridized carbons (Fsp3) is 0. The summed E-state index contributed by atoms with van der Waals surface area (Å²) in [5, 5.41) is 0. The molecule has 88 valence electrons. The molecule has 0 fully saturated rings. The van der Waals surface area contributed by atoms with Crippen LogP contribution in [0.15, 0.2) is 36.7 Å². The highest BCUT2D eigenvalue weighted by Crippen LogP contribution is 2.13. The lowest BCUT2D eigenvalue weighted by atomic mass is 10.1. The largest absolute Gasteiger partial charge is 0.380 e. The monoisotopic (exact) mass is 240 g/mol. The highest BCUT2D eigenvalue weighted by Gasteiger charge is 2.20. The van der Waals surface area contributed by atoms with Crippen LogP contribution in [0.25, 0.3) is 11.2 Å². The summed E-state index contributed by atoms with van der Waals surface area (Å²) in [7, 11) is 0. The topological polar surface area (TPSA) is 98.8 Å². The van der Waals surface area contributed by atoms with E-state index >= 15 is 0 Å². The third-order valence-corrected chi connectivity index (χ3v) is 2.60. The number of imidazole rings is 1. The molecule has 0 unspecified atom stereocenters. The van der Waals surface area contributed by atoms with Crippen molar-refractivity contribution < 1.29 is 9.78 Å². The molecule has 18 heavy (non-hydrogen) atoms. The Labute approximate surface area is 102 Å². The van der Waals surface area contributed by atoms with E-state index in [1.54, 1.807) is 30.6 Å². The van der Waals surface area contributed by atoms with E-state index in [9.17, 15) is 4.79 Å². The van der Waals surface area contributed by atoms with Gasteiger partial charge in [0.25, 0.3) is 5.82 Å². The molecule has 0 saturated carbocycles. The van der Waals surface area contributed by atoms with Crippen molar-refractivity contribution in [2.45, 2.75) is 0 Å². The number of aromatic nitrogens is 4. The van der Waals surface area contributed by atoms with Crippen LogP contribution in [0.4, 0.5) is 5.82 Å². The molecule has 2 aromatic heterocycles. The number of nitrogens with zero attached hydrogens (tertiary/aromatic N) is 2. The first-order chi connectivity index (χ1) is 8.75. The van der Waals surface area contributed by atoms with E-state index in [-0.39, 0.29) is 17.4 Å². The molecule has 6 nitrogen and oxygen atoms in total. The van der Waals surface area contributed by atoms with Gasteiger partial charge >= 0.3 is 5.65 Å². The van der Waals surface area contributed by atoms with Crippen LogP contribution in [-0.4, -0.2) is 20.7 Å². The van der Waals surface area contributed by atoms with Gasteiger partial charge in [0.2, 0.25) is 11.3 Å². The molecular formula is C12H10N5O+. The van der Waals surface area contributed by atoms with Gasteiger partial charge in [0.05, 0.1) is 0 Å². The number of anilines is 1. The van der Waals surface area contributed by atoms with Crippen molar-refractivity contribution in [1.82, 2.24) is 15.0 Å². The maximum absolute atomic E-state index is 12.2. The Bertz CT molecular complexity index is 720. The van der Waals surface area contributed by atoms with Gasteiger partial charge in [-0.2, -0.15) is 4.98 Å². The van der Waals surface area contributed by atoms with Crippen LogP contribution in [0.5, 0.6) is 0 Å². The molecule has 6 heteroatoms. The lowest BCUT2D eigenvalue weighted by molar-refractivity contribution is -0.347. The summed E-state index contributed by atoms with van der Waals surface area (Å²) in [5.74, 6) is 0.0846. The number of carbonyl (C=O) groups excluding carboxylic acids is 1. The Morgan fingerprint density at radius 3 is 2.78 bits per heavy atom. The minimum Gasteiger partial charge on any atom is -0.380 e. The Balaban J connectivity index is 2.12. The summed E-state index contributed by atoms with van der Waals surface area (Å²) >= 11 is 0. The molecule has 0 aliphatic carbocycles. The fourth-order valence-electron chi connectivity index (χ4n) is 1.72. The van der Waals surface area contributed by atoms with Gasteiger partial charge in [-0.15, -0.1) is 0 Å². The van der Waals surface area contributed by atoms with Crippen LogP contribution < -0.4 is 10.7 Å². The van der Waals surface area contributed by atoms with Gasteiger partial charge in [0, 0.05) is 5.56 Å². The van der Waals surface area contributed by atoms with Crippen molar-refractivity contribution in [1.29, 1.82) is 0 Å². The Hall–Kier alpha value is -2.76. The molecule has 0 spiro atoms. The second-order valence-corrected chi connectivity index (χ2v) is 3.78. The number of nitrogens with two attached hydrogens (primary N) is 1. The molecule has 0 bridgehead atoms. The highest BCUT2D eigenvalue weighted by molar-refractivity contribution is 6.07. The maximum atomic E-state index is 12.2. The number of carbonyl (C=O) groups is 1. The standard InChI is InChI=1S/C12H9N5O/c13-10-8-11(15-6-14-8)17-12(16-10)9(18)7-4-2-1-3-5-7/h1-6H,(H3,13,14,15,16,17)/p+1. The molecule has 0 radical (unpaired) electrons. The first kappa shape index (κ1) is 10.4. The summed E-state index contributed by atoms with van der Waals surface area (Å²) in [4.78, 5) is 26.1. The number of hydrogen-bond acceptors (Lipinski definition) is 4. The Kier molecular flexibility index (Phi) is 2.26. The Morgan fingerprint density at radius 1 is 1.22 bits per heavy atom. The summed E-state index contributed by atoms with van der Waals surface area (Å²) in [6.45, 7) is 0. The molecule has 0 aliphatic rings. The number of nitrogen functional groups attached to an aromatic ring is 1. The van der Waals surface area contributed by atoms with Gasteiger partial charge < -0.3 is 5.73 Å². The van der Waals surface area contributed by atoms with E-state index in [0.717, 1.165) is 0 Å². The number of nitrogens with one attached hydrogen (secondary N) is 2. The van der Waals surface area contributed by atoms with E-state index in [2.05, 4.69) is 19.9 Å². The number of ketones is 1. The van der Waals surface area contributed by atoms with Crippen LogP contribution in [0, 0.1) is 0 Å². The smallest absolute Gasteiger partial charge is 0.305 e. The van der Waals surface area contributed by atoms with Crippen LogP contribution >= 0.6 is 0 Å². The maximum Gasteiger partial charge on any atom is 0.305 e. The number of rotatable bonds is 2. The van der Waals surface area contributed by atoms with Crippen molar-refractivity contribution in [3.05, 3.63) is 48.0 Å². The molecule has 0 saturated heterocycles. The summed E-state index contributed by atoms with van der Waals surface area (Å²) < 4.78 is 0. The molecule has 2 heterocycles. The first-order valence-electron chi connectivity index (χ1n) is 5.38. The van der Waals surface area contributed by atoms with Crippen molar-refractivity contribution in [3.63, 3.8) is 0 Å². The van der Waals surface area contributed by atoms with Crippen LogP contribution in [0.3, 0.4) is 0 Å². The van der Waals surface area contributed by atoms with Crippen molar-refractivity contribution in [2.24, 2.45) is 0 Å². The third kappa shape index (κ3) is 1.60. The molecule has 0 aliphatic heterocycles. The van der Waals surface area contributed by atoms with Crippen molar-refractivity contribution in [3.8, 4) is 0 Å². The predicted octanol–water partition coefficient (Wildman–Crippen LogP) is 0.585. The molecule has 0 atom stereocenters. The van der Waals surface area contributed by atoms with Gasteiger partial charge in [-0.1, -0.05) is 35.3 Å². The zero-order chi connectivity index (χ0) is 12.5. The fourth-order valence-corrected chi connectivity index (χ4v) is 1.72. The zero-order valence-corrected chi connectivity index (χ0v) is 9.34. The van der Waals surface area contributed by atoms with Gasteiger partial charge in [0.1, 0.15) is 0 Å². The van der Waals surface area contributed by atoms with E-state index < -0.39 is 0 Å². The number of fused-ring (bicyclic) bond motifs is 1. The lowest BCUT2D eigenvalue weighted by Crippen LogP contribution is -2.11. The number of aromatic amines is 2. The second-order valence-electron chi connectivity index (χ2n) is 3.78. The molecule has 1 aromatic carbocycles. The first-order valence-corrected chi connectivity index (χ1v) is 5.38. The lowest BCUT2D eigenvalue weighted by Gasteiger charge is -1.97. The van der Waals surface area contributed by atoms with E-state index in [1.165, 1.54) is 0 Å². The SMILES string of the molecule is Nc1nc(C(=O)c2ccccc2)nc2[nH+]c[nH]c12. The van der Waals surface area contributed by atoms with Gasteiger partial charge in [0.15, 0.2) is 12.1 Å². The molecule has 3 aromatic rings. The van der Waals surface area contributed by atoms with E-state index in [1.807, 2.05) is 6.07 Å². The van der Waals surface area contributed by atoms with Crippen molar-refractivity contribution in [2.75, 3.05) is 5.73 Å². The van der Waals surface area contributed by atoms with Gasteiger partial charge in [-0.05, 0) is 0 Å². The van der Waals surface area contributed by atoms with Gasteiger partial charge in [-0.3, -0.25) is 9.78 Å². The molecular weight excluding hydrogens is 230 g/mol. The zero-order valence-electron chi connectivity index (χ0n) is 9.34. The van der Waals surface area contributed by atoms with Gasteiger partial charge in [-0.25, -0.2) is 4.98 Å². The minimum atomic E-state index is -0.251. The second kappa shape index (κ2) is 3.92. The molecule has 3 rings (SSSR count). The summed E-state index contributed by atoms with van der Waals surface area (Å²) in [6.07, 6.45) is 1.59. The number of H-pyrrole nitrogens is 2. The third-order valence-electron chi connectivity index (χ3n) is 2.60. The Morgan fingerprint density at radius 2 is 2.00 bits per heavy atom. The normalized spacial score (nSPS) is 10.7. The highest BCUT2D eigenvalue weighted by atomic mass is 16.1. The van der Waals surface area contributed by atoms with Crippen molar-refractivity contribution >= 4 is 22.8 Å². The van der Waals surface area contributed by atoms with Crippen LogP contribution in [-0.2, 0) is 0 Å². The predicted molar refractivity (Wildman–Crippen MR) is 64.7 cm³/mol. The van der Waals surface area contributed by atoms with E-state index in [4.69, 9.17) is 5.73 Å². The molecule has 0 amide bonds. The van der Waals surface area contributed by atoms with Crippen LogP contribution in [0.2, 0.25) is 0 Å². The number of hydrogen-bond donors (Lipinski definition) is 2. The average molecular weight is 240 g/mol. The summed E-state index contributed by atoms with van der Waals surface area (Å²) in [5.41, 5.74) is 7.41.